The van der Waals surface area contributed by atoms with Crippen molar-refractivity contribution >= 4 is 11.6 Å². The fourth-order valence-electron chi connectivity index (χ4n) is 1.99. The zero-order chi connectivity index (χ0) is 19.2. The molecule has 10 heteroatoms. The first-order valence-electron chi connectivity index (χ1n) is 7.47. The second-order valence-electron chi connectivity index (χ2n) is 5.04. The fraction of sp³-hybridized carbons (Fsp3) is 0.375. The summed E-state index contributed by atoms with van der Waals surface area (Å²) in [5.74, 6) is -1.69. The summed E-state index contributed by atoms with van der Waals surface area (Å²) in [5.41, 5.74) is 0.574. The maximum Gasteiger partial charge on any atom is 0.573 e. The second-order valence-corrected chi connectivity index (χ2v) is 5.43. The number of alkyl halides is 3. The minimum absolute atomic E-state index is 0.156. The van der Waals surface area contributed by atoms with Gasteiger partial charge in [-0.2, -0.15) is 0 Å². The summed E-state index contributed by atoms with van der Waals surface area (Å²) in [6, 6.07) is 4.40. The first kappa shape index (κ1) is 20.3. The van der Waals surface area contributed by atoms with E-state index in [1.807, 2.05) is 0 Å². The summed E-state index contributed by atoms with van der Waals surface area (Å²) in [5, 5.41) is 0.156. The van der Waals surface area contributed by atoms with Crippen molar-refractivity contribution in [3.05, 3.63) is 41.1 Å². The van der Waals surface area contributed by atoms with Crippen LogP contribution in [0.25, 0.3) is 11.3 Å². The normalized spacial score (nSPS) is 14.4. The van der Waals surface area contributed by atoms with Crippen LogP contribution in [0.5, 0.6) is 5.75 Å². The largest absolute Gasteiger partial charge is 0.573 e. The summed E-state index contributed by atoms with van der Waals surface area (Å²) in [6.07, 6.45) is -4.95. The van der Waals surface area contributed by atoms with Gasteiger partial charge in [-0.3, -0.25) is 0 Å². The van der Waals surface area contributed by atoms with Crippen LogP contribution in [-0.4, -0.2) is 42.8 Å². The summed E-state index contributed by atoms with van der Waals surface area (Å²) in [7, 11) is 0. The molecule has 3 rings (SSSR count). The van der Waals surface area contributed by atoms with Crippen molar-refractivity contribution in [2.75, 3.05) is 26.4 Å². The summed E-state index contributed by atoms with van der Waals surface area (Å²) in [4.78, 5) is 7.86. The Labute approximate surface area is 151 Å². The van der Waals surface area contributed by atoms with Crippen LogP contribution in [0.1, 0.15) is 5.82 Å². The molecule has 2 aromatic rings. The molecule has 0 spiro atoms. The molecule has 1 aliphatic heterocycles. The molecule has 0 unspecified atom stereocenters. The number of benzene rings is 1. The van der Waals surface area contributed by atoms with Crippen LogP contribution >= 0.6 is 11.6 Å². The number of aromatic nitrogens is 2. The Morgan fingerprint density at radius 2 is 1.65 bits per heavy atom. The maximum absolute atomic E-state index is 13.6. The number of hydrogen-bond donors (Lipinski definition) is 0. The molecule has 0 bridgehead atoms. The van der Waals surface area contributed by atoms with Gasteiger partial charge in [0.1, 0.15) is 11.0 Å². The van der Waals surface area contributed by atoms with Crippen LogP contribution in [0.3, 0.4) is 0 Å². The van der Waals surface area contributed by atoms with Gasteiger partial charge in [0.05, 0.1) is 32.1 Å². The number of halogens is 5. The van der Waals surface area contributed by atoms with Crippen molar-refractivity contribution in [2.24, 2.45) is 0 Å². The first-order valence-corrected chi connectivity index (χ1v) is 7.85. The molecule has 0 saturated carbocycles. The quantitative estimate of drug-likeness (QED) is 0.565. The monoisotopic (exact) mass is 394 g/mol. The van der Waals surface area contributed by atoms with Crippen molar-refractivity contribution in [2.45, 2.75) is 13.3 Å². The molecule has 2 heterocycles. The Bertz CT molecular complexity index is 708. The topological polar surface area (TPSA) is 53.5 Å². The zero-order valence-corrected chi connectivity index (χ0v) is 14.4. The van der Waals surface area contributed by atoms with E-state index in [1.54, 1.807) is 6.92 Å². The molecule has 142 valence electrons. The van der Waals surface area contributed by atoms with Gasteiger partial charge in [-0.1, -0.05) is 11.6 Å². The van der Waals surface area contributed by atoms with Crippen LogP contribution in [-0.2, 0) is 9.47 Å². The summed E-state index contributed by atoms with van der Waals surface area (Å²) < 4.78 is 63.1. The highest BCUT2D eigenvalue weighted by molar-refractivity contribution is 6.29. The molecule has 1 aromatic carbocycles. The Kier molecular flexibility index (Phi) is 7.13. The van der Waals surface area contributed by atoms with Crippen LogP contribution in [0.15, 0.2) is 24.3 Å². The van der Waals surface area contributed by atoms with E-state index in [2.05, 4.69) is 14.7 Å². The van der Waals surface area contributed by atoms with Gasteiger partial charge in [0.25, 0.3) is 0 Å². The van der Waals surface area contributed by atoms with Gasteiger partial charge in [0.2, 0.25) is 0 Å². The number of rotatable bonds is 2. The minimum atomic E-state index is -4.95. The van der Waals surface area contributed by atoms with E-state index in [0.717, 1.165) is 38.6 Å². The maximum atomic E-state index is 13.6. The van der Waals surface area contributed by atoms with Crippen molar-refractivity contribution in [3.63, 3.8) is 0 Å². The molecule has 0 N–H and O–H groups in total. The average molecular weight is 395 g/mol. The third kappa shape index (κ3) is 6.74. The third-order valence-corrected chi connectivity index (χ3v) is 3.20. The number of ether oxygens (including phenoxy) is 3. The first-order chi connectivity index (χ1) is 12.2. The molecule has 0 radical (unpaired) electrons. The Morgan fingerprint density at radius 1 is 1.04 bits per heavy atom. The molecule has 1 saturated heterocycles. The highest BCUT2D eigenvalue weighted by Gasteiger charge is 2.32. The van der Waals surface area contributed by atoms with Crippen LogP contribution < -0.4 is 4.74 Å². The van der Waals surface area contributed by atoms with Gasteiger partial charge < -0.3 is 14.2 Å². The van der Waals surface area contributed by atoms with E-state index >= 15 is 0 Å². The highest BCUT2D eigenvalue weighted by Crippen LogP contribution is 2.29. The van der Waals surface area contributed by atoms with Crippen molar-refractivity contribution in [1.29, 1.82) is 0 Å². The summed E-state index contributed by atoms with van der Waals surface area (Å²) in [6.45, 7) is 4.70. The van der Waals surface area contributed by atoms with Crippen LogP contribution in [0.4, 0.5) is 17.6 Å². The SMILES string of the molecule is C1COCCO1.Cc1nc(Cl)cc(-c2ccc(OC(F)(F)F)c(F)c2)n1. The van der Waals surface area contributed by atoms with Crippen LogP contribution in [0, 0.1) is 12.7 Å². The van der Waals surface area contributed by atoms with E-state index in [0.29, 0.717) is 11.5 Å². The van der Waals surface area contributed by atoms with Crippen molar-refractivity contribution in [3.8, 4) is 17.0 Å². The number of aryl methyl sites for hydroxylation is 1. The smallest absolute Gasteiger partial charge is 0.403 e. The minimum Gasteiger partial charge on any atom is -0.403 e. The third-order valence-electron chi connectivity index (χ3n) is 3.00. The fourth-order valence-corrected chi connectivity index (χ4v) is 2.21. The van der Waals surface area contributed by atoms with Gasteiger partial charge in [-0.15, -0.1) is 13.2 Å². The van der Waals surface area contributed by atoms with Crippen molar-refractivity contribution in [1.82, 2.24) is 9.97 Å². The van der Waals surface area contributed by atoms with Crippen LogP contribution in [0.2, 0.25) is 5.15 Å². The highest BCUT2D eigenvalue weighted by atomic mass is 35.5. The Morgan fingerprint density at radius 3 is 2.12 bits per heavy atom. The lowest BCUT2D eigenvalue weighted by molar-refractivity contribution is -0.275. The van der Waals surface area contributed by atoms with Gasteiger partial charge in [-0.05, 0) is 25.1 Å². The van der Waals surface area contributed by atoms with E-state index in [9.17, 15) is 17.6 Å². The molecule has 1 fully saturated rings. The second kappa shape index (κ2) is 9.11. The Balaban J connectivity index is 0.000000342. The van der Waals surface area contributed by atoms with E-state index in [-0.39, 0.29) is 10.7 Å². The van der Waals surface area contributed by atoms with Gasteiger partial charge in [-0.25, -0.2) is 14.4 Å². The standard InChI is InChI=1S/C12H7ClF4N2O.C4H8O2/c1-6-18-9(5-11(13)19-6)7-2-3-10(8(14)4-7)20-12(15,16)17;1-2-6-4-3-5-1/h2-5H,1H3;1-4H2. The molecule has 0 amide bonds. The number of hydrogen-bond acceptors (Lipinski definition) is 5. The Hall–Kier alpha value is -1.97. The lowest BCUT2D eigenvalue weighted by Gasteiger charge is -2.10. The molecule has 0 atom stereocenters. The average Bonchev–Trinajstić information content (AvgIpc) is 2.57. The predicted molar refractivity (Wildman–Crippen MR) is 85.5 cm³/mol. The lowest BCUT2D eigenvalue weighted by Crippen LogP contribution is -2.17. The molecule has 1 aliphatic rings. The predicted octanol–water partition coefficient (Wildman–Crippen LogP) is 4.18. The molecule has 5 nitrogen and oxygen atoms in total. The number of nitrogens with zero attached hydrogens (tertiary/aromatic N) is 2. The van der Waals surface area contributed by atoms with E-state index in [4.69, 9.17) is 21.1 Å². The molecule has 1 aromatic heterocycles. The zero-order valence-electron chi connectivity index (χ0n) is 13.6. The molecular formula is C16H15ClF4N2O3. The molecule has 0 aliphatic carbocycles. The van der Waals surface area contributed by atoms with Gasteiger partial charge in [0, 0.05) is 11.6 Å². The molecule has 26 heavy (non-hydrogen) atoms. The van der Waals surface area contributed by atoms with Gasteiger partial charge >= 0.3 is 6.36 Å². The summed E-state index contributed by atoms with van der Waals surface area (Å²) >= 11 is 5.74. The lowest BCUT2D eigenvalue weighted by atomic mass is 10.1. The van der Waals surface area contributed by atoms with Gasteiger partial charge in [0.15, 0.2) is 11.6 Å². The van der Waals surface area contributed by atoms with E-state index in [1.165, 1.54) is 12.1 Å². The van der Waals surface area contributed by atoms with E-state index < -0.39 is 17.9 Å². The van der Waals surface area contributed by atoms with Crippen molar-refractivity contribution < 1.29 is 31.8 Å². The molecular weight excluding hydrogens is 380 g/mol.